The SMILES string of the molecule is C=CC(=O)N1CCCC[C@@H](n2c(NC(=O)c3ccnc(OC)c3)nc3ccc4c(c32)OCCO4)C1. The van der Waals surface area contributed by atoms with Crippen molar-refractivity contribution in [2.75, 3.05) is 38.7 Å². The number of methoxy groups -OCH3 is 1. The molecule has 2 amide bonds. The number of hydrogen-bond acceptors (Lipinski definition) is 7. The smallest absolute Gasteiger partial charge is 0.258 e. The zero-order valence-electron chi connectivity index (χ0n) is 19.5. The highest BCUT2D eigenvalue weighted by Gasteiger charge is 2.30. The van der Waals surface area contributed by atoms with Gasteiger partial charge in [-0.3, -0.25) is 14.9 Å². The van der Waals surface area contributed by atoms with Gasteiger partial charge in [0.05, 0.1) is 18.7 Å². The van der Waals surface area contributed by atoms with Gasteiger partial charge in [-0.25, -0.2) is 9.97 Å². The summed E-state index contributed by atoms with van der Waals surface area (Å²) in [5.41, 5.74) is 1.80. The van der Waals surface area contributed by atoms with E-state index >= 15 is 0 Å². The number of nitrogens with zero attached hydrogens (tertiary/aromatic N) is 4. The molecule has 5 rings (SSSR count). The van der Waals surface area contributed by atoms with Gasteiger partial charge >= 0.3 is 0 Å². The highest BCUT2D eigenvalue weighted by atomic mass is 16.6. The first-order valence-corrected chi connectivity index (χ1v) is 11.6. The van der Waals surface area contributed by atoms with Crippen molar-refractivity contribution in [2.45, 2.75) is 25.3 Å². The number of carbonyl (C=O) groups is 2. The molecule has 4 heterocycles. The molecule has 35 heavy (non-hydrogen) atoms. The second kappa shape index (κ2) is 9.65. The van der Waals surface area contributed by atoms with E-state index in [1.165, 1.54) is 19.4 Å². The Morgan fingerprint density at radius 3 is 2.91 bits per heavy atom. The van der Waals surface area contributed by atoms with E-state index in [0.717, 1.165) is 24.8 Å². The Bertz CT molecular complexity index is 1290. The van der Waals surface area contributed by atoms with Gasteiger partial charge in [0.15, 0.2) is 11.5 Å². The second-order valence-electron chi connectivity index (χ2n) is 8.44. The number of benzene rings is 1. The first-order chi connectivity index (χ1) is 17.1. The van der Waals surface area contributed by atoms with E-state index in [0.29, 0.717) is 60.7 Å². The molecule has 0 radical (unpaired) electrons. The number of likely N-dealkylation sites (tertiary alicyclic amines) is 1. The number of aromatic nitrogens is 3. The van der Waals surface area contributed by atoms with Crippen molar-refractivity contribution < 1.29 is 23.8 Å². The van der Waals surface area contributed by atoms with E-state index in [2.05, 4.69) is 16.9 Å². The van der Waals surface area contributed by atoms with Gasteiger partial charge in [-0.2, -0.15) is 0 Å². The van der Waals surface area contributed by atoms with E-state index in [9.17, 15) is 9.59 Å². The van der Waals surface area contributed by atoms with Crippen LogP contribution in [0.25, 0.3) is 11.0 Å². The van der Waals surface area contributed by atoms with Crippen LogP contribution in [0.3, 0.4) is 0 Å². The van der Waals surface area contributed by atoms with Gasteiger partial charge < -0.3 is 23.7 Å². The lowest BCUT2D eigenvalue weighted by molar-refractivity contribution is -0.126. The van der Waals surface area contributed by atoms with Crippen LogP contribution in [-0.4, -0.2) is 64.7 Å². The predicted molar refractivity (Wildman–Crippen MR) is 129 cm³/mol. The predicted octanol–water partition coefficient (Wildman–Crippen LogP) is 3.20. The molecule has 0 bridgehead atoms. The molecular weight excluding hydrogens is 450 g/mol. The number of pyridine rings is 1. The average molecular weight is 478 g/mol. The summed E-state index contributed by atoms with van der Waals surface area (Å²) in [6.45, 7) is 5.65. The maximum absolute atomic E-state index is 13.2. The summed E-state index contributed by atoms with van der Waals surface area (Å²) >= 11 is 0. The Balaban J connectivity index is 1.60. The molecule has 3 aromatic rings. The molecule has 0 saturated carbocycles. The van der Waals surface area contributed by atoms with Crippen molar-refractivity contribution in [3.05, 3.63) is 48.7 Å². The Kier molecular flexibility index (Phi) is 6.26. The average Bonchev–Trinajstić information content (AvgIpc) is 3.09. The fourth-order valence-electron chi connectivity index (χ4n) is 4.63. The highest BCUT2D eigenvalue weighted by molar-refractivity contribution is 6.04. The molecule has 0 aliphatic carbocycles. The van der Waals surface area contributed by atoms with Gasteiger partial charge in [-0.1, -0.05) is 6.58 Å². The molecule has 182 valence electrons. The lowest BCUT2D eigenvalue weighted by Crippen LogP contribution is -2.34. The number of anilines is 1. The maximum atomic E-state index is 13.2. The zero-order valence-corrected chi connectivity index (χ0v) is 19.5. The van der Waals surface area contributed by atoms with Gasteiger partial charge in [0.1, 0.15) is 18.7 Å². The number of nitrogens with one attached hydrogen (secondary N) is 1. The number of rotatable bonds is 5. The molecular formula is C25H27N5O5. The topological polar surface area (TPSA) is 108 Å². The number of amides is 2. The summed E-state index contributed by atoms with van der Waals surface area (Å²) in [6, 6.07) is 6.73. The summed E-state index contributed by atoms with van der Waals surface area (Å²) in [5.74, 6) is 1.49. The van der Waals surface area contributed by atoms with Crippen LogP contribution in [0.5, 0.6) is 17.4 Å². The second-order valence-corrected chi connectivity index (χ2v) is 8.44. The summed E-state index contributed by atoms with van der Waals surface area (Å²) in [7, 11) is 1.50. The van der Waals surface area contributed by atoms with Crippen molar-refractivity contribution in [3.63, 3.8) is 0 Å². The van der Waals surface area contributed by atoms with Gasteiger partial charge in [-0.15, -0.1) is 0 Å². The van der Waals surface area contributed by atoms with Gasteiger partial charge in [0.25, 0.3) is 5.91 Å². The maximum Gasteiger partial charge on any atom is 0.258 e. The van der Waals surface area contributed by atoms with Crippen LogP contribution >= 0.6 is 0 Å². The third kappa shape index (κ3) is 4.39. The normalized spacial score (nSPS) is 17.5. The minimum atomic E-state index is -0.346. The van der Waals surface area contributed by atoms with Crippen LogP contribution in [0.4, 0.5) is 5.95 Å². The number of imidazole rings is 1. The van der Waals surface area contributed by atoms with Crippen molar-refractivity contribution in [2.24, 2.45) is 0 Å². The Morgan fingerprint density at radius 1 is 1.23 bits per heavy atom. The first-order valence-electron chi connectivity index (χ1n) is 11.6. The summed E-state index contributed by atoms with van der Waals surface area (Å²) in [6.07, 6.45) is 5.48. The molecule has 2 aliphatic heterocycles. The molecule has 2 aromatic heterocycles. The van der Waals surface area contributed by atoms with Crippen LogP contribution in [-0.2, 0) is 4.79 Å². The summed E-state index contributed by atoms with van der Waals surface area (Å²) in [4.78, 5) is 36.3. The Hall–Kier alpha value is -4.08. The third-order valence-corrected chi connectivity index (χ3v) is 6.29. The Labute approximate surface area is 202 Å². The van der Waals surface area contributed by atoms with Crippen LogP contribution in [0.2, 0.25) is 0 Å². The van der Waals surface area contributed by atoms with E-state index < -0.39 is 0 Å². The molecule has 1 aromatic carbocycles. The van der Waals surface area contributed by atoms with Crippen LogP contribution in [0.15, 0.2) is 43.1 Å². The molecule has 10 nitrogen and oxygen atoms in total. The summed E-state index contributed by atoms with van der Waals surface area (Å²) < 4.78 is 19.0. The van der Waals surface area contributed by atoms with E-state index in [4.69, 9.17) is 19.2 Å². The van der Waals surface area contributed by atoms with Crippen molar-refractivity contribution >= 4 is 28.8 Å². The van der Waals surface area contributed by atoms with Crippen LogP contribution < -0.4 is 19.5 Å². The van der Waals surface area contributed by atoms with E-state index in [1.54, 1.807) is 17.0 Å². The molecule has 10 heteroatoms. The van der Waals surface area contributed by atoms with Crippen molar-refractivity contribution in [1.29, 1.82) is 0 Å². The molecule has 1 fully saturated rings. The number of fused-ring (bicyclic) bond motifs is 3. The van der Waals surface area contributed by atoms with E-state index in [-0.39, 0.29) is 17.9 Å². The minimum Gasteiger partial charge on any atom is -0.486 e. The molecule has 1 atom stereocenters. The minimum absolute atomic E-state index is 0.114. The fourth-order valence-corrected chi connectivity index (χ4v) is 4.63. The number of ether oxygens (including phenoxy) is 3. The molecule has 0 spiro atoms. The molecule has 2 aliphatic rings. The molecule has 0 unspecified atom stereocenters. The standard InChI is InChI=1S/C25H27N5O5/c1-3-21(31)29-11-5-4-6-17(15-29)30-22-18(7-8-19-23(22)35-13-12-34-19)27-25(30)28-24(32)16-9-10-26-20(14-16)33-2/h3,7-10,14,17H,1,4-6,11-13,15H2,2H3,(H,27,28,32)/t17-/m1/s1. The molecule has 1 N–H and O–H groups in total. The Morgan fingerprint density at radius 2 is 2.09 bits per heavy atom. The fraction of sp³-hybridized carbons (Fsp3) is 0.360. The lowest BCUT2D eigenvalue weighted by atomic mass is 10.1. The van der Waals surface area contributed by atoms with Crippen LogP contribution in [0.1, 0.15) is 35.7 Å². The van der Waals surface area contributed by atoms with Gasteiger partial charge in [0, 0.05) is 30.9 Å². The van der Waals surface area contributed by atoms with E-state index in [1.807, 2.05) is 16.7 Å². The third-order valence-electron chi connectivity index (χ3n) is 6.29. The van der Waals surface area contributed by atoms with Crippen molar-refractivity contribution in [3.8, 4) is 17.4 Å². The highest BCUT2D eigenvalue weighted by Crippen LogP contribution is 2.41. The summed E-state index contributed by atoms with van der Waals surface area (Å²) in [5, 5.41) is 2.96. The first kappa shape index (κ1) is 22.7. The lowest BCUT2D eigenvalue weighted by Gasteiger charge is -2.27. The van der Waals surface area contributed by atoms with Gasteiger partial charge in [-0.05, 0) is 43.5 Å². The largest absolute Gasteiger partial charge is 0.486 e. The van der Waals surface area contributed by atoms with Crippen molar-refractivity contribution in [1.82, 2.24) is 19.4 Å². The molecule has 1 saturated heterocycles. The quantitative estimate of drug-likeness (QED) is 0.562. The van der Waals surface area contributed by atoms with Crippen LogP contribution in [0, 0.1) is 0 Å². The number of hydrogen-bond donors (Lipinski definition) is 1. The van der Waals surface area contributed by atoms with Gasteiger partial charge in [0.2, 0.25) is 17.7 Å². The zero-order chi connectivity index (χ0) is 24.4. The number of carbonyl (C=O) groups excluding carboxylic acids is 2. The monoisotopic (exact) mass is 477 g/mol.